The molecule has 0 saturated heterocycles. The van der Waals surface area contributed by atoms with Gasteiger partial charge in [-0.25, -0.2) is 4.79 Å². The Kier molecular flexibility index (Phi) is 6.83. The molecule has 1 aromatic carbocycles. The fourth-order valence-electron chi connectivity index (χ4n) is 4.35. The van der Waals surface area contributed by atoms with Crippen molar-refractivity contribution in [2.75, 3.05) is 20.8 Å². The summed E-state index contributed by atoms with van der Waals surface area (Å²) in [5, 5.41) is 3.25. The van der Waals surface area contributed by atoms with Crippen molar-refractivity contribution in [3.8, 4) is 5.75 Å². The van der Waals surface area contributed by atoms with Crippen molar-refractivity contribution >= 4 is 17.7 Å². The molecule has 166 valence electrons. The summed E-state index contributed by atoms with van der Waals surface area (Å²) in [7, 11) is 2.86. The molecule has 0 aromatic heterocycles. The maximum absolute atomic E-state index is 13.6. The van der Waals surface area contributed by atoms with E-state index in [2.05, 4.69) is 5.32 Å². The van der Waals surface area contributed by atoms with Crippen LogP contribution in [0.1, 0.15) is 45.1 Å². The molecule has 3 rings (SSSR count). The number of hydrogen-bond donors (Lipinski definition) is 1. The average molecular weight is 427 g/mol. The largest absolute Gasteiger partial charge is 0.497 e. The highest BCUT2D eigenvalue weighted by Gasteiger charge is 2.47. The van der Waals surface area contributed by atoms with Crippen molar-refractivity contribution < 1.29 is 28.6 Å². The van der Waals surface area contributed by atoms with Crippen LogP contribution in [0.5, 0.6) is 5.75 Å². The minimum Gasteiger partial charge on any atom is -0.497 e. The van der Waals surface area contributed by atoms with Crippen molar-refractivity contribution in [1.29, 1.82) is 0 Å². The summed E-state index contributed by atoms with van der Waals surface area (Å²) < 4.78 is 15.6. The van der Waals surface area contributed by atoms with Gasteiger partial charge in [-0.15, -0.1) is 0 Å². The lowest BCUT2D eigenvalue weighted by Gasteiger charge is -2.38. The predicted molar refractivity (Wildman–Crippen MR) is 114 cm³/mol. The molecule has 0 amide bonds. The van der Waals surface area contributed by atoms with Crippen LogP contribution < -0.4 is 10.1 Å². The molecule has 0 bridgehead atoms. The van der Waals surface area contributed by atoms with Crippen LogP contribution in [0.2, 0.25) is 0 Å². The molecule has 1 N–H and O–H groups in total. The minimum absolute atomic E-state index is 0.218. The number of carbonyl (C=O) groups is 3. The van der Waals surface area contributed by atoms with Crippen LogP contribution in [0.15, 0.2) is 46.8 Å². The highest BCUT2D eigenvalue weighted by atomic mass is 16.5. The zero-order valence-electron chi connectivity index (χ0n) is 18.6. The maximum Gasteiger partial charge on any atom is 0.336 e. The van der Waals surface area contributed by atoms with Gasteiger partial charge in [0, 0.05) is 22.9 Å². The first-order valence-electron chi connectivity index (χ1n) is 10.5. The van der Waals surface area contributed by atoms with Crippen LogP contribution >= 0.6 is 0 Å². The topological polar surface area (TPSA) is 90.9 Å². The van der Waals surface area contributed by atoms with E-state index in [0.29, 0.717) is 35.4 Å². The fourth-order valence-corrected chi connectivity index (χ4v) is 4.35. The highest BCUT2D eigenvalue weighted by Crippen LogP contribution is 2.45. The first-order chi connectivity index (χ1) is 14.8. The Morgan fingerprint density at radius 2 is 1.84 bits per heavy atom. The molecule has 3 atom stereocenters. The van der Waals surface area contributed by atoms with Gasteiger partial charge in [-0.05, 0) is 43.4 Å². The zero-order chi connectivity index (χ0) is 22.7. The molecule has 1 heterocycles. The monoisotopic (exact) mass is 427 g/mol. The molecule has 1 aliphatic carbocycles. The van der Waals surface area contributed by atoms with E-state index in [0.717, 1.165) is 11.3 Å². The molecule has 7 heteroatoms. The summed E-state index contributed by atoms with van der Waals surface area (Å²) in [6, 6.07) is 7.24. The van der Waals surface area contributed by atoms with E-state index in [9.17, 15) is 14.4 Å². The summed E-state index contributed by atoms with van der Waals surface area (Å²) >= 11 is 0. The normalized spacial score (nSPS) is 23.1. The van der Waals surface area contributed by atoms with E-state index in [1.165, 1.54) is 7.11 Å². The van der Waals surface area contributed by atoms with E-state index in [1.807, 2.05) is 32.9 Å². The smallest absolute Gasteiger partial charge is 0.336 e. The Hall–Kier alpha value is -3.09. The van der Waals surface area contributed by atoms with Gasteiger partial charge in [0.2, 0.25) is 0 Å². The van der Waals surface area contributed by atoms with E-state index < -0.39 is 23.8 Å². The van der Waals surface area contributed by atoms with E-state index in [4.69, 9.17) is 14.2 Å². The second-order valence-corrected chi connectivity index (χ2v) is 7.94. The Bertz CT molecular complexity index is 943. The SMILES string of the molecule is CCCOC(=O)C1=C(C)NC2=C(C(=O)C(C(=O)OC)C(C)C2)C1c1ccc(OC)cc1. The Balaban J connectivity index is 2.14. The van der Waals surface area contributed by atoms with Crippen molar-refractivity contribution in [3.05, 3.63) is 52.4 Å². The molecule has 0 fully saturated rings. The number of nitrogens with one attached hydrogen (secondary N) is 1. The van der Waals surface area contributed by atoms with E-state index in [-0.39, 0.29) is 18.3 Å². The number of methoxy groups -OCH3 is 2. The van der Waals surface area contributed by atoms with Crippen LogP contribution in [-0.2, 0) is 23.9 Å². The van der Waals surface area contributed by atoms with Crippen LogP contribution in [0.3, 0.4) is 0 Å². The molecule has 1 aliphatic heterocycles. The van der Waals surface area contributed by atoms with Gasteiger partial charge < -0.3 is 19.5 Å². The Labute approximate surface area is 182 Å². The number of Topliss-reactive ketones (excluding diaryl/α,β-unsaturated/α-hetero) is 1. The summed E-state index contributed by atoms with van der Waals surface area (Å²) in [6.45, 7) is 5.87. The van der Waals surface area contributed by atoms with Gasteiger partial charge in [-0.3, -0.25) is 9.59 Å². The van der Waals surface area contributed by atoms with Crippen molar-refractivity contribution in [1.82, 2.24) is 5.32 Å². The fraction of sp³-hybridized carbons (Fsp3) is 0.458. The van der Waals surface area contributed by atoms with Crippen molar-refractivity contribution in [2.24, 2.45) is 11.8 Å². The summed E-state index contributed by atoms with van der Waals surface area (Å²) in [6.07, 6.45) is 1.19. The second kappa shape index (κ2) is 9.37. The van der Waals surface area contributed by atoms with Gasteiger partial charge in [-0.2, -0.15) is 0 Å². The number of dihydropyridines is 1. The first kappa shape index (κ1) is 22.6. The minimum atomic E-state index is -0.905. The third kappa shape index (κ3) is 4.22. The Morgan fingerprint density at radius 3 is 2.42 bits per heavy atom. The average Bonchev–Trinajstić information content (AvgIpc) is 2.76. The van der Waals surface area contributed by atoms with Crippen LogP contribution in [-0.4, -0.2) is 38.5 Å². The summed E-state index contributed by atoms with van der Waals surface area (Å²) in [4.78, 5) is 39.0. The number of rotatable bonds is 6. The molecular formula is C24H29NO6. The Morgan fingerprint density at radius 1 is 1.16 bits per heavy atom. The number of allylic oxidation sites excluding steroid dienone is 3. The molecule has 2 aliphatic rings. The lowest BCUT2D eigenvalue weighted by atomic mass is 9.69. The maximum atomic E-state index is 13.6. The van der Waals surface area contributed by atoms with Crippen LogP contribution in [0.4, 0.5) is 0 Å². The standard InChI is InChI=1S/C24H29NO6/c1-6-11-31-24(28)19-14(3)25-17-12-13(2)18(23(27)30-5)22(26)21(17)20(19)15-7-9-16(29-4)10-8-15/h7-10,13,18,20,25H,6,11-12H2,1-5H3. The van der Waals surface area contributed by atoms with Gasteiger partial charge in [0.15, 0.2) is 5.78 Å². The molecule has 0 saturated carbocycles. The quantitative estimate of drug-likeness (QED) is 0.550. The van der Waals surface area contributed by atoms with Gasteiger partial charge >= 0.3 is 11.9 Å². The van der Waals surface area contributed by atoms with Crippen molar-refractivity contribution in [2.45, 2.75) is 39.5 Å². The molecule has 0 radical (unpaired) electrons. The molecular weight excluding hydrogens is 398 g/mol. The predicted octanol–water partition coefficient (Wildman–Crippen LogP) is 3.26. The van der Waals surface area contributed by atoms with Gasteiger partial charge in [0.1, 0.15) is 11.7 Å². The van der Waals surface area contributed by atoms with Gasteiger partial charge in [-0.1, -0.05) is 26.0 Å². The van der Waals surface area contributed by atoms with E-state index >= 15 is 0 Å². The number of ketones is 1. The number of hydrogen-bond acceptors (Lipinski definition) is 7. The number of ether oxygens (including phenoxy) is 3. The third-order valence-corrected chi connectivity index (χ3v) is 5.85. The lowest BCUT2D eigenvalue weighted by Crippen LogP contribution is -2.43. The molecule has 0 spiro atoms. The zero-order valence-corrected chi connectivity index (χ0v) is 18.6. The van der Waals surface area contributed by atoms with Gasteiger partial charge in [0.25, 0.3) is 0 Å². The molecule has 3 unspecified atom stereocenters. The highest BCUT2D eigenvalue weighted by molar-refractivity contribution is 6.12. The molecule has 31 heavy (non-hydrogen) atoms. The molecule has 1 aromatic rings. The molecule has 7 nitrogen and oxygen atoms in total. The number of benzene rings is 1. The summed E-state index contributed by atoms with van der Waals surface area (Å²) in [5.74, 6) is -2.44. The van der Waals surface area contributed by atoms with Crippen LogP contribution in [0, 0.1) is 11.8 Å². The number of esters is 2. The second-order valence-electron chi connectivity index (χ2n) is 7.94. The first-order valence-corrected chi connectivity index (χ1v) is 10.5. The lowest BCUT2D eigenvalue weighted by molar-refractivity contribution is -0.151. The van der Waals surface area contributed by atoms with Gasteiger partial charge in [0.05, 0.1) is 26.4 Å². The summed E-state index contributed by atoms with van der Waals surface area (Å²) in [5.41, 5.74) is 2.95. The van der Waals surface area contributed by atoms with E-state index in [1.54, 1.807) is 19.2 Å². The number of carbonyl (C=O) groups excluding carboxylic acids is 3. The van der Waals surface area contributed by atoms with Crippen molar-refractivity contribution in [3.63, 3.8) is 0 Å². The third-order valence-electron chi connectivity index (χ3n) is 5.85. The van der Waals surface area contributed by atoms with Crippen LogP contribution in [0.25, 0.3) is 0 Å².